The largest absolute Gasteiger partial charge is 0.375 e. The highest BCUT2D eigenvalue weighted by Crippen LogP contribution is 2.24. The Balaban J connectivity index is 2.00. The summed E-state index contributed by atoms with van der Waals surface area (Å²) in [5, 5.41) is 6.82. The first-order valence-corrected chi connectivity index (χ1v) is 12.2. The fourth-order valence-corrected chi connectivity index (χ4v) is 4.30. The lowest BCUT2D eigenvalue weighted by atomic mass is 10.2. The second-order valence-corrected chi connectivity index (χ2v) is 8.78. The summed E-state index contributed by atoms with van der Waals surface area (Å²) in [6.07, 6.45) is 9.91. The lowest BCUT2D eigenvalue weighted by molar-refractivity contribution is 0.655. The number of thiocarbonyl (C=S) groups is 2. The van der Waals surface area contributed by atoms with E-state index in [1.807, 2.05) is 0 Å². The van der Waals surface area contributed by atoms with Crippen molar-refractivity contribution < 1.29 is 0 Å². The third kappa shape index (κ3) is 6.67. The van der Waals surface area contributed by atoms with Crippen molar-refractivity contribution in [2.24, 2.45) is 14.1 Å². The van der Waals surface area contributed by atoms with Gasteiger partial charge in [0.25, 0.3) is 0 Å². The quantitative estimate of drug-likeness (QED) is 0.304. The third-order valence-corrected chi connectivity index (χ3v) is 6.31. The van der Waals surface area contributed by atoms with Gasteiger partial charge >= 0.3 is 0 Å². The van der Waals surface area contributed by atoms with Crippen LogP contribution in [0, 0.1) is 0 Å². The Hall–Kier alpha value is -1.66. The van der Waals surface area contributed by atoms with Crippen molar-refractivity contribution in [1.82, 2.24) is 19.8 Å². The van der Waals surface area contributed by atoms with Crippen LogP contribution in [0.25, 0.3) is 11.4 Å². The number of aromatic nitrogens is 2. The molecule has 166 valence electrons. The molecular formula is C24H38N4S2. The fourth-order valence-electron chi connectivity index (χ4n) is 3.68. The first kappa shape index (κ1) is 24.6. The van der Waals surface area contributed by atoms with Crippen molar-refractivity contribution in [3.8, 4) is 11.4 Å². The summed E-state index contributed by atoms with van der Waals surface area (Å²) in [7, 11) is 4.15. The first-order chi connectivity index (χ1) is 14.5. The molecule has 6 heteroatoms. The standard InChI is InChI=1S/C24H38N4S2/c1-5-7-9-11-17-25-23(29)21-15-13-19(27(21)3)20-14-16-22(28(20)4)24(30)26-18-12-10-8-6-2/h13-16H,5-12,17-18H2,1-4H3,(H,25,29)(H,26,30). The van der Waals surface area contributed by atoms with Gasteiger partial charge in [-0.05, 0) is 37.1 Å². The van der Waals surface area contributed by atoms with E-state index in [-0.39, 0.29) is 0 Å². The number of rotatable bonds is 13. The highest BCUT2D eigenvalue weighted by Gasteiger charge is 2.15. The minimum absolute atomic E-state index is 0.818. The van der Waals surface area contributed by atoms with E-state index in [0.29, 0.717) is 0 Å². The lowest BCUT2D eigenvalue weighted by Crippen LogP contribution is -2.26. The second-order valence-electron chi connectivity index (χ2n) is 7.96. The summed E-state index contributed by atoms with van der Waals surface area (Å²) in [6, 6.07) is 8.49. The van der Waals surface area contributed by atoms with E-state index in [9.17, 15) is 0 Å². The smallest absolute Gasteiger partial charge is 0.123 e. The molecule has 2 rings (SSSR count). The topological polar surface area (TPSA) is 33.9 Å². The summed E-state index contributed by atoms with van der Waals surface area (Å²) in [5.74, 6) is 0. The van der Waals surface area contributed by atoms with Crippen LogP contribution in [-0.4, -0.2) is 32.2 Å². The van der Waals surface area contributed by atoms with Gasteiger partial charge in [0.1, 0.15) is 9.98 Å². The maximum Gasteiger partial charge on any atom is 0.123 e. The monoisotopic (exact) mass is 446 g/mol. The number of hydrogen-bond acceptors (Lipinski definition) is 2. The minimum atomic E-state index is 0.818. The van der Waals surface area contributed by atoms with E-state index in [2.05, 4.69) is 72.0 Å². The molecule has 0 atom stereocenters. The molecule has 0 spiro atoms. The highest BCUT2D eigenvalue weighted by atomic mass is 32.1. The van der Waals surface area contributed by atoms with Crippen LogP contribution >= 0.6 is 24.4 Å². The average Bonchev–Trinajstić information content (AvgIpc) is 3.29. The molecule has 30 heavy (non-hydrogen) atoms. The summed E-state index contributed by atoms with van der Waals surface area (Å²) in [4.78, 5) is 1.64. The van der Waals surface area contributed by atoms with Crippen LogP contribution in [0.15, 0.2) is 24.3 Å². The molecule has 2 heterocycles. The van der Waals surface area contributed by atoms with Crippen LogP contribution < -0.4 is 10.6 Å². The molecule has 0 aromatic carbocycles. The number of nitrogens with zero attached hydrogens (tertiary/aromatic N) is 2. The van der Waals surface area contributed by atoms with Gasteiger partial charge in [0.05, 0.1) is 22.8 Å². The van der Waals surface area contributed by atoms with E-state index >= 15 is 0 Å². The molecule has 0 aliphatic rings. The second kappa shape index (κ2) is 12.9. The zero-order valence-electron chi connectivity index (χ0n) is 19.1. The number of unbranched alkanes of at least 4 members (excludes halogenated alkanes) is 6. The van der Waals surface area contributed by atoms with Crippen LogP contribution in [0.1, 0.15) is 76.6 Å². The summed E-state index contributed by atoms with van der Waals surface area (Å²) in [6.45, 7) is 6.33. The van der Waals surface area contributed by atoms with E-state index in [0.717, 1.165) is 58.7 Å². The first-order valence-electron chi connectivity index (χ1n) is 11.4. The van der Waals surface area contributed by atoms with Gasteiger partial charge in [-0.3, -0.25) is 0 Å². The van der Waals surface area contributed by atoms with Gasteiger partial charge in [-0.25, -0.2) is 0 Å². The molecule has 0 radical (unpaired) electrons. The molecule has 2 aromatic heterocycles. The van der Waals surface area contributed by atoms with Gasteiger partial charge in [-0.15, -0.1) is 0 Å². The molecule has 4 nitrogen and oxygen atoms in total. The Bertz CT molecular complexity index is 751. The SMILES string of the molecule is CCCCCCNC(=S)c1ccc(-c2ccc(C(=S)NCCCCCC)n2C)n1C. The Morgan fingerprint density at radius 3 is 1.43 bits per heavy atom. The summed E-state index contributed by atoms with van der Waals surface area (Å²) >= 11 is 11.3. The van der Waals surface area contributed by atoms with Crippen molar-refractivity contribution in [3.63, 3.8) is 0 Å². The van der Waals surface area contributed by atoms with E-state index in [1.54, 1.807) is 0 Å². The molecule has 0 amide bonds. The van der Waals surface area contributed by atoms with Crippen LogP contribution in [0.4, 0.5) is 0 Å². The zero-order chi connectivity index (χ0) is 21.9. The van der Waals surface area contributed by atoms with Crippen LogP contribution in [0.5, 0.6) is 0 Å². The van der Waals surface area contributed by atoms with Crippen molar-refractivity contribution in [1.29, 1.82) is 0 Å². The average molecular weight is 447 g/mol. The summed E-state index contributed by atoms with van der Waals surface area (Å²) in [5.41, 5.74) is 4.38. The zero-order valence-corrected chi connectivity index (χ0v) is 20.7. The molecular weight excluding hydrogens is 408 g/mol. The van der Waals surface area contributed by atoms with Crippen LogP contribution in [0.2, 0.25) is 0 Å². The van der Waals surface area contributed by atoms with Gasteiger partial charge < -0.3 is 19.8 Å². The molecule has 0 bridgehead atoms. The van der Waals surface area contributed by atoms with E-state index in [1.165, 1.54) is 38.5 Å². The Labute approximate surface area is 193 Å². The van der Waals surface area contributed by atoms with Crippen molar-refractivity contribution >= 4 is 34.4 Å². The molecule has 0 aliphatic heterocycles. The normalized spacial score (nSPS) is 10.9. The van der Waals surface area contributed by atoms with Gasteiger partial charge in [0.15, 0.2) is 0 Å². The Morgan fingerprint density at radius 1 is 0.667 bits per heavy atom. The maximum absolute atomic E-state index is 5.64. The predicted octanol–water partition coefficient (Wildman–Crippen LogP) is 5.72. The molecule has 0 saturated heterocycles. The molecule has 2 N–H and O–H groups in total. The molecule has 0 fully saturated rings. The maximum atomic E-state index is 5.64. The number of hydrogen-bond donors (Lipinski definition) is 2. The summed E-state index contributed by atoms with van der Waals surface area (Å²) < 4.78 is 4.34. The third-order valence-electron chi connectivity index (χ3n) is 5.60. The van der Waals surface area contributed by atoms with E-state index in [4.69, 9.17) is 24.4 Å². The van der Waals surface area contributed by atoms with Gasteiger partial charge in [0, 0.05) is 27.2 Å². The Morgan fingerprint density at radius 2 is 1.07 bits per heavy atom. The van der Waals surface area contributed by atoms with Gasteiger partial charge in [-0.2, -0.15) is 0 Å². The fraction of sp³-hybridized carbons (Fsp3) is 0.583. The highest BCUT2D eigenvalue weighted by molar-refractivity contribution is 7.81. The lowest BCUT2D eigenvalue weighted by Gasteiger charge is -2.13. The molecule has 2 aromatic rings. The van der Waals surface area contributed by atoms with Crippen LogP contribution in [0.3, 0.4) is 0 Å². The van der Waals surface area contributed by atoms with Crippen molar-refractivity contribution in [3.05, 3.63) is 35.7 Å². The van der Waals surface area contributed by atoms with Crippen molar-refractivity contribution in [2.75, 3.05) is 13.1 Å². The molecule has 0 unspecified atom stereocenters. The van der Waals surface area contributed by atoms with Crippen molar-refractivity contribution in [2.45, 2.75) is 65.2 Å². The predicted molar refractivity (Wildman–Crippen MR) is 138 cm³/mol. The van der Waals surface area contributed by atoms with Crippen LogP contribution in [-0.2, 0) is 14.1 Å². The van der Waals surface area contributed by atoms with Gasteiger partial charge in [0.2, 0.25) is 0 Å². The minimum Gasteiger partial charge on any atom is -0.375 e. The number of nitrogens with one attached hydrogen (secondary N) is 2. The van der Waals surface area contributed by atoms with Gasteiger partial charge in [-0.1, -0.05) is 76.8 Å². The Kier molecular flexibility index (Phi) is 10.6. The molecule has 0 saturated carbocycles. The molecule has 0 aliphatic carbocycles. The van der Waals surface area contributed by atoms with E-state index < -0.39 is 0 Å².